The summed E-state index contributed by atoms with van der Waals surface area (Å²) in [6.07, 6.45) is 3.23. The Morgan fingerprint density at radius 2 is 2.25 bits per heavy atom. The Kier molecular flexibility index (Phi) is 4.20. The summed E-state index contributed by atoms with van der Waals surface area (Å²) in [5.74, 6) is 1.68. The number of halogens is 2. The van der Waals surface area contributed by atoms with Gasteiger partial charge in [-0.3, -0.25) is 0 Å². The molecule has 1 saturated heterocycles. The Morgan fingerprint density at radius 3 is 3.00 bits per heavy atom. The predicted octanol–water partition coefficient (Wildman–Crippen LogP) is 3.74. The molecular formula is C15H19Cl2N3. The molecule has 0 bridgehead atoms. The Labute approximate surface area is 129 Å². The van der Waals surface area contributed by atoms with E-state index in [1.165, 1.54) is 24.9 Å². The minimum Gasteiger partial charge on any atom is -0.324 e. The molecule has 0 aliphatic carbocycles. The minimum absolute atomic E-state index is 0.484. The first-order chi connectivity index (χ1) is 9.69. The van der Waals surface area contributed by atoms with Gasteiger partial charge < -0.3 is 9.47 Å². The lowest BCUT2D eigenvalue weighted by atomic mass is 10.1. The van der Waals surface area contributed by atoms with E-state index in [0.717, 1.165) is 29.3 Å². The number of nitrogens with zero attached hydrogens (tertiary/aromatic N) is 3. The van der Waals surface area contributed by atoms with Crippen LogP contribution in [-0.4, -0.2) is 40.5 Å². The number of hydrogen-bond donors (Lipinski definition) is 0. The van der Waals surface area contributed by atoms with Crippen LogP contribution in [0, 0.1) is 0 Å². The van der Waals surface area contributed by atoms with Crippen molar-refractivity contribution in [3.8, 4) is 0 Å². The quantitative estimate of drug-likeness (QED) is 0.805. The summed E-state index contributed by atoms with van der Waals surface area (Å²) in [7, 11) is 2.18. The SMILES string of the molecule is CN1CCCC(n2c(CCCl)nc3cc(Cl)ccc32)C1. The Morgan fingerprint density at radius 1 is 1.40 bits per heavy atom. The molecule has 0 saturated carbocycles. The first-order valence-electron chi connectivity index (χ1n) is 7.10. The van der Waals surface area contributed by atoms with Gasteiger partial charge in [-0.15, -0.1) is 11.6 Å². The molecule has 5 heteroatoms. The highest BCUT2D eigenvalue weighted by Crippen LogP contribution is 2.29. The fourth-order valence-corrected chi connectivity index (χ4v) is 3.48. The van der Waals surface area contributed by atoms with Crippen molar-refractivity contribution in [2.45, 2.75) is 25.3 Å². The number of imidazole rings is 1. The van der Waals surface area contributed by atoms with Gasteiger partial charge in [0.2, 0.25) is 0 Å². The number of piperidine rings is 1. The number of alkyl halides is 1. The van der Waals surface area contributed by atoms with E-state index in [9.17, 15) is 0 Å². The van der Waals surface area contributed by atoms with E-state index in [0.29, 0.717) is 11.9 Å². The van der Waals surface area contributed by atoms with Crippen LogP contribution in [0.25, 0.3) is 11.0 Å². The summed E-state index contributed by atoms with van der Waals surface area (Å²) in [5, 5.41) is 0.736. The first-order valence-corrected chi connectivity index (χ1v) is 8.01. The van der Waals surface area contributed by atoms with Gasteiger partial charge in [-0.05, 0) is 44.6 Å². The number of likely N-dealkylation sites (N-methyl/N-ethyl adjacent to an activating group) is 1. The number of likely N-dealkylation sites (tertiary alicyclic amines) is 1. The Balaban J connectivity index is 2.08. The van der Waals surface area contributed by atoms with Gasteiger partial charge in [0.1, 0.15) is 5.82 Å². The normalized spacial score (nSPS) is 20.6. The monoisotopic (exact) mass is 311 g/mol. The maximum atomic E-state index is 6.08. The molecule has 0 spiro atoms. The minimum atomic E-state index is 0.484. The van der Waals surface area contributed by atoms with Crippen LogP contribution in [0.15, 0.2) is 18.2 Å². The average Bonchev–Trinajstić information content (AvgIpc) is 2.76. The maximum Gasteiger partial charge on any atom is 0.111 e. The van der Waals surface area contributed by atoms with E-state index in [-0.39, 0.29) is 0 Å². The number of benzene rings is 1. The van der Waals surface area contributed by atoms with Gasteiger partial charge in [0.05, 0.1) is 11.0 Å². The molecule has 2 aromatic rings. The van der Waals surface area contributed by atoms with Gasteiger partial charge in [0.15, 0.2) is 0 Å². The Bertz CT molecular complexity index is 608. The first kappa shape index (κ1) is 14.2. The van der Waals surface area contributed by atoms with E-state index < -0.39 is 0 Å². The zero-order valence-electron chi connectivity index (χ0n) is 11.6. The summed E-state index contributed by atoms with van der Waals surface area (Å²) >= 11 is 12.0. The number of fused-ring (bicyclic) bond motifs is 1. The lowest BCUT2D eigenvalue weighted by Crippen LogP contribution is -2.34. The zero-order valence-corrected chi connectivity index (χ0v) is 13.2. The highest BCUT2D eigenvalue weighted by Gasteiger charge is 2.23. The predicted molar refractivity (Wildman–Crippen MR) is 84.9 cm³/mol. The molecule has 1 atom stereocenters. The highest BCUT2D eigenvalue weighted by molar-refractivity contribution is 6.31. The molecule has 20 heavy (non-hydrogen) atoms. The summed E-state index contributed by atoms with van der Waals surface area (Å²) in [6, 6.07) is 6.45. The molecule has 1 aliphatic heterocycles. The molecule has 3 rings (SSSR count). The fraction of sp³-hybridized carbons (Fsp3) is 0.533. The van der Waals surface area contributed by atoms with Gasteiger partial charge >= 0.3 is 0 Å². The van der Waals surface area contributed by atoms with Crippen LogP contribution in [0.4, 0.5) is 0 Å². The van der Waals surface area contributed by atoms with Crippen LogP contribution in [0.2, 0.25) is 5.02 Å². The van der Waals surface area contributed by atoms with E-state index in [1.54, 1.807) is 0 Å². The second-order valence-corrected chi connectivity index (χ2v) is 6.34. The molecule has 1 aromatic heterocycles. The summed E-state index contributed by atoms with van der Waals surface area (Å²) < 4.78 is 2.38. The molecule has 3 nitrogen and oxygen atoms in total. The summed E-state index contributed by atoms with van der Waals surface area (Å²) in [4.78, 5) is 7.13. The average molecular weight is 312 g/mol. The third-order valence-corrected chi connectivity index (χ3v) is 4.43. The molecular weight excluding hydrogens is 293 g/mol. The lowest BCUT2D eigenvalue weighted by Gasteiger charge is -2.32. The smallest absolute Gasteiger partial charge is 0.111 e. The van der Waals surface area contributed by atoms with Crippen molar-refractivity contribution in [2.24, 2.45) is 0 Å². The van der Waals surface area contributed by atoms with Crippen molar-refractivity contribution < 1.29 is 0 Å². The van der Waals surface area contributed by atoms with Gasteiger partial charge in [-0.1, -0.05) is 11.6 Å². The van der Waals surface area contributed by atoms with Crippen LogP contribution in [-0.2, 0) is 6.42 Å². The molecule has 1 aliphatic rings. The van der Waals surface area contributed by atoms with Crippen LogP contribution in [0.5, 0.6) is 0 Å². The van der Waals surface area contributed by atoms with E-state index in [1.807, 2.05) is 12.1 Å². The number of aromatic nitrogens is 2. The number of hydrogen-bond acceptors (Lipinski definition) is 2. The van der Waals surface area contributed by atoms with Crippen molar-refractivity contribution in [1.82, 2.24) is 14.5 Å². The van der Waals surface area contributed by atoms with Gasteiger partial charge in [-0.2, -0.15) is 0 Å². The topological polar surface area (TPSA) is 21.1 Å². The maximum absolute atomic E-state index is 6.08. The van der Waals surface area contributed by atoms with Crippen LogP contribution >= 0.6 is 23.2 Å². The molecule has 108 valence electrons. The van der Waals surface area contributed by atoms with E-state index in [2.05, 4.69) is 22.6 Å². The lowest BCUT2D eigenvalue weighted by molar-refractivity contribution is 0.212. The van der Waals surface area contributed by atoms with Crippen LogP contribution < -0.4 is 0 Å². The molecule has 0 N–H and O–H groups in total. The fourth-order valence-electron chi connectivity index (χ4n) is 3.14. The number of rotatable bonds is 3. The molecule has 0 radical (unpaired) electrons. The van der Waals surface area contributed by atoms with E-state index in [4.69, 9.17) is 28.2 Å². The Hall–Kier alpha value is -0.770. The summed E-state index contributed by atoms with van der Waals surface area (Å²) in [5.41, 5.74) is 2.15. The standard InChI is InChI=1S/C15H19Cl2N3/c1-19-8-2-3-12(10-19)20-14-5-4-11(17)9-13(14)18-15(20)6-7-16/h4-5,9,12H,2-3,6-8,10H2,1H3. The van der Waals surface area contributed by atoms with Crippen molar-refractivity contribution >= 4 is 34.2 Å². The number of aryl methyl sites for hydroxylation is 1. The van der Waals surface area contributed by atoms with Gasteiger partial charge in [0, 0.05) is 29.9 Å². The molecule has 2 heterocycles. The third kappa shape index (κ3) is 2.67. The molecule has 1 aromatic carbocycles. The van der Waals surface area contributed by atoms with Crippen LogP contribution in [0.3, 0.4) is 0 Å². The molecule has 1 unspecified atom stereocenters. The zero-order chi connectivity index (χ0) is 14.1. The summed E-state index contributed by atoms with van der Waals surface area (Å²) in [6.45, 7) is 2.25. The third-order valence-electron chi connectivity index (χ3n) is 4.01. The van der Waals surface area contributed by atoms with E-state index >= 15 is 0 Å². The largest absolute Gasteiger partial charge is 0.324 e. The van der Waals surface area contributed by atoms with Gasteiger partial charge in [-0.25, -0.2) is 4.98 Å². The second-order valence-electron chi connectivity index (χ2n) is 5.53. The second kappa shape index (κ2) is 5.92. The van der Waals surface area contributed by atoms with Crippen molar-refractivity contribution in [1.29, 1.82) is 0 Å². The van der Waals surface area contributed by atoms with Crippen molar-refractivity contribution in [3.63, 3.8) is 0 Å². The van der Waals surface area contributed by atoms with Gasteiger partial charge in [0.25, 0.3) is 0 Å². The highest BCUT2D eigenvalue weighted by atomic mass is 35.5. The van der Waals surface area contributed by atoms with Crippen molar-refractivity contribution in [3.05, 3.63) is 29.0 Å². The molecule has 1 fully saturated rings. The van der Waals surface area contributed by atoms with Crippen molar-refractivity contribution in [2.75, 3.05) is 26.0 Å². The molecule has 0 amide bonds. The van der Waals surface area contributed by atoms with Crippen LogP contribution in [0.1, 0.15) is 24.7 Å².